The molecule has 3 aromatic carbocycles. The second-order valence-electron chi connectivity index (χ2n) is 6.34. The Balaban J connectivity index is 1.58. The van der Waals surface area contributed by atoms with Gasteiger partial charge < -0.3 is 10.1 Å². The van der Waals surface area contributed by atoms with Gasteiger partial charge in [0.1, 0.15) is 12.4 Å². The summed E-state index contributed by atoms with van der Waals surface area (Å²) < 4.78 is 5.78. The Labute approximate surface area is 159 Å². The van der Waals surface area contributed by atoms with Gasteiger partial charge in [0, 0.05) is 11.8 Å². The maximum absolute atomic E-state index is 12.2. The van der Waals surface area contributed by atoms with Crippen molar-refractivity contribution >= 4 is 11.6 Å². The summed E-state index contributed by atoms with van der Waals surface area (Å²) in [7, 11) is 0. The summed E-state index contributed by atoms with van der Waals surface area (Å²) in [6.45, 7) is 2.38. The SMILES string of the molecule is Cc1ccc(CC(=O)Nc2cccc(OCc3cccc(C#N)c3)c2)cc1. The number of nitrogens with one attached hydrogen (secondary N) is 1. The molecule has 0 unspecified atom stereocenters. The Hall–Kier alpha value is -3.58. The zero-order valence-corrected chi connectivity index (χ0v) is 15.1. The third-order valence-electron chi connectivity index (χ3n) is 4.06. The molecule has 0 spiro atoms. The number of nitrogens with zero attached hydrogens (tertiary/aromatic N) is 1. The molecule has 0 atom stereocenters. The van der Waals surface area contributed by atoms with Crippen LogP contribution in [-0.4, -0.2) is 5.91 Å². The Morgan fingerprint density at radius 1 is 1.00 bits per heavy atom. The minimum atomic E-state index is -0.0716. The first-order chi connectivity index (χ1) is 13.1. The number of hydrogen-bond acceptors (Lipinski definition) is 3. The van der Waals surface area contributed by atoms with E-state index < -0.39 is 0 Å². The van der Waals surface area contributed by atoms with E-state index in [2.05, 4.69) is 11.4 Å². The van der Waals surface area contributed by atoms with Crippen molar-refractivity contribution in [3.63, 3.8) is 0 Å². The topological polar surface area (TPSA) is 62.1 Å². The van der Waals surface area contributed by atoms with Gasteiger partial charge in [-0.25, -0.2) is 0 Å². The first-order valence-electron chi connectivity index (χ1n) is 8.70. The van der Waals surface area contributed by atoms with E-state index in [-0.39, 0.29) is 5.91 Å². The summed E-state index contributed by atoms with van der Waals surface area (Å²) in [5.41, 5.74) is 4.36. The molecule has 27 heavy (non-hydrogen) atoms. The van der Waals surface area contributed by atoms with Crippen molar-refractivity contribution in [3.8, 4) is 11.8 Å². The van der Waals surface area contributed by atoms with Gasteiger partial charge in [0.15, 0.2) is 0 Å². The second kappa shape index (κ2) is 8.68. The van der Waals surface area contributed by atoms with Gasteiger partial charge in [0.05, 0.1) is 18.1 Å². The molecule has 0 aliphatic carbocycles. The first kappa shape index (κ1) is 18.2. The quantitative estimate of drug-likeness (QED) is 0.700. The lowest BCUT2D eigenvalue weighted by molar-refractivity contribution is -0.115. The fourth-order valence-electron chi connectivity index (χ4n) is 2.66. The molecule has 3 aromatic rings. The average Bonchev–Trinajstić information content (AvgIpc) is 2.68. The number of benzene rings is 3. The zero-order valence-electron chi connectivity index (χ0n) is 15.1. The zero-order chi connectivity index (χ0) is 19.1. The molecule has 4 nitrogen and oxygen atoms in total. The highest BCUT2D eigenvalue weighted by Crippen LogP contribution is 2.19. The number of nitriles is 1. The number of ether oxygens (including phenoxy) is 1. The Bertz CT molecular complexity index is 972. The van der Waals surface area contributed by atoms with Crippen molar-refractivity contribution in [2.75, 3.05) is 5.32 Å². The van der Waals surface area contributed by atoms with Crippen LogP contribution in [0.2, 0.25) is 0 Å². The van der Waals surface area contributed by atoms with Gasteiger partial charge in [-0.15, -0.1) is 0 Å². The van der Waals surface area contributed by atoms with Crippen LogP contribution in [0.1, 0.15) is 22.3 Å². The molecule has 1 amide bonds. The van der Waals surface area contributed by atoms with Gasteiger partial charge in [-0.1, -0.05) is 48.0 Å². The molecule has 0 aliphatic rings. The second-order valence-corrected chi connectivity index (χ2v) is 6.34. The highest BCUT2D eigenvalue weighted by Gasteiger charge is 2.05. The van der Waals surface area contributed by atoms with Crippen molar-refractivity contribution in [1.29, 1.82) is 5.26 Å². The summed E-state index contributed by atoms with van der Waals surface area (Å²) >= 11 is 0. The molecular formula is C23H20N2O2. The number of carbonyl (C=O) groups excluding carboxylic acids is 1. The summed E-state index contributed by atoms with van der Waals surface area (Å²) in [6, 6.07) is 24.6. The van der Waals surface area contributed by atoms with Gasteiger partial charge in [-0.2, -0.15) is 5.26 Å². The van der Waals surface area contributed by atoms with E-state index in [0.29, 0.717) is 30.0 Å². The Kier molecular flexibility index (Phi) is 5.86. The lowest BCUT2D eigenvalue weighted by atomic mass is 10.1. The fraction of sp³-hybridized carbons (Fsp3) is 0.130. The van der Waals surface area contributed by atoms with Gasteiger partial charge >= 0.3 is 0 Å². The van der Waals surface area contributed by atoms with E-state index in [1.165, 1.54) is 5.56 Å². The van der Waals surface area contributed by atoms with E-state index in [9.17, 15) is 4.79 Å². The van der Waals surface area contributed by atoms with Crippen molar-refractivity contribution in [1.82, 2.24) is 0 Å². The minimum absolute atomic E-state index is 0.0716. The standard InChI is InChI=1S/C23H20N2O2/c1-17-8-10-18(11-9-17)13-23(26)25-21-6-3-7-22(14-21)27-16-20-5-2-4-19(12-20)15-24/h2-12,14H,13,16H2,1H3,(H,25,26). The van der Waals surface area contributed by atoms with Crippen LogP contribution in [0.5, 0.6) is 5.75 Å². The number of hydrogen-bond donors (Lipinski definition) is 1. The largest absolute Gasteiger partial charge is 0.489 e. The summed E-state index contributed by atoms with van der Waals surface area (Å²) in [5, 5.41) is 11.9. The van der Waals surface area contributed by atoms with Gasteiger partial charge in [-0.05, 0) is 42.3 Å². The highest BCUT2D eigenvalue weighted by atomic mass is 16.5. The van der Waals surface area contributed by atoms with E-state index in [0.717, 1.165) is 11.1 Å². The summed E-state index contributed by atoms with van der Waals surface area (Å²) in [5.74, 6) is 0.586. The fourth-order valence-corrected chi connectivity index (χ4v) is 2.66. The lowest BCUT2D eigenvalue weighted by Crippen LogP contribution is -2.14. The van der Waals surface area contributed by atoms with Crippen LogP contribution >= 0.6 is 0 Å². The summed E-state index contributed by atoms with van der Waals surface area (Å²) in [6.07, 6.45) is 0.326. The molecule has 134 valence electrons. The van der Waals surface area contributed by atoms with Crippen molar-refractivity contribution in [2.24, 2.45) is 0 Å². The van der Waals surface area contributed by atoms with Crippen molar-refractivity contribution in [2.45, 2.75) is 20.0 Å². The maximum Gasteiger partial charge on any atom is 0.228 e. The predicted octanol–water partition coefficient (Wildman–Crippen LogP) is 4.63. The third kappa shape index (κ3) is 5.45. The van der Waals surface area contributed by atoms with Crippen LogP contribution in [0.3, 0.4) is 0 Å². The van der Waals surface area contributed by atoms with Crippen LogP contribution < -0.4 is 10.1 Å². The minimum Gasteiger partial charge on any atom is -0.489 e. The molecular weight excluding hydrogens is 336 g/mol. The van der Waals surface area contributed by atoms with Gasteiger partial charge in [0.2, 0.25) is 5.91 Å². The van der Waals surface area contributed by atoms with Gasteiger partial charge in [0.25, 0.3) is 0 Å². The van der Waals surface area contributed by atoms with Crippen LogP contribution in [0.15, 0.2) is 72.8 Å². The molecule has 0 heterocycles. The average molecular weight is 356 g/mol. The molecule has 0 aromatic heterocycles. The van der Waals surface area contributed by atoms with E-state index >= 15 is 0 Å². The third-order valence-corrected chi connectivity index (χ3v) is 4.06. The number of aryl methyl sites for hydroxylation is 1. The number of rotatable bonds is 6. The number of carbonyl (C=O) groups is 1. The van der Waals surface area contributed by atoms with E-state index in [1.807, 2.05) is 61.5 Å². The molecule has 0 saturated heterocycles. The molecule has 1 N–H and O–H groups in total. The molecule has 4 heteroatoms. The molecule has 0 bridgehead atoms. The smallest absolute Gasteiger partial charge is 0.228 e. The van der Waals surface area contributed by atoms with E-state index in [4.69, 9.17) is 10.00 Å². The molecule has 0 aliphatic heterocycles. The normalized spacial score (nSPS) is 10.1. The molecule has 0 saturated carbocycles. The maximum atomic E-state index is 12.2. The van der Waals surface area contributed by atoms with Crippen LogP contribution in [-0.2, 0) is 17.8 Å². The van der Waals surface area contributed by atoms with Gasteiger partial charge in [-0.3, -0.25) is 4.79 Å². The first-order valence-corrected chi connectivity index (χ1v) is 8.70. The molecule has 0 radical (unpaired) electrons. The van der Waals surface area contributed by atoms with Crippen LogP contribution in [0.25, 0.3) is 0 Å². The lowest BCUT2D eigenvalue weighted by Gasteiger charge is -2.10. The monoisotopic (exact) mass is 356 g/mol. The van der Waals surface area contributed by atoms with Crippen molar-refractivity contribution in [3.05, 3.63) is 95.1 Å². The summed E-state index contributed by atoms with van der Waals surface area (Å²) in [4.78, 5) is 12.2. The predicted molar refractivity (Wildman–Crippen MR) is 105 cm³/mol. The molecule has 0 fully saturated rings. The molecule has 3 rings (SSSR count). The Morgan fingerprint density at radius 3 is 2.56 bits per heavy atom. The van der Waals surface area contributed by atoms with Crippen LogP contribution in [0, 0.1) is 18.3 Å². The van der Waals surface area contributed by atoms with Crippen molar-refractivity contribution < 1.29 is 9.53 Å². The van der Waals surface area contributed by atoms with E-state index in [1.54, 1.807) is 18.2 Å². The Morgan fingerprint density at radius 2 is 1.78 bits per heavy atom. The van der Waals surface area contributed by atoms with Crippen LogP contribution in [0.4, 0.5) is 5.69 Å². The number of amides is 1. The number of anilines is 1. The highest BCUT2D eigenvalue weighted by molar-refractivity contribution is 5.92.